The van der Waals surface area contributed by atoms with Crippen LogP contribution in [-0.4, -0.2) is 52.6 Å². The summed E-state index contributed by atoms with van der Waals surface area (Å²) in [7, 11) is -2.03. The fourth-order valence-corrected chi connectivity index (χ4v) is 4.58. The van der Waals surface area contributed by atoms with Gasteiger partial charge >= 0.3 is 0 Å². The van der Waals surface area contributed by atoms with Crippen molar-refractivity contribution in [2.75, 3.05) is 33.4 Å². The molecule has 1 saturated heterocycles. The lowest BCUT2D eigenvalue weighted by molar-refractivity contribution is -0.130. The number of likely N-dealkylation sites (tertiary alicyclic amines) is 1. The van der Waals surface area contributed by atoms with E-state index in [4.69, 9.17) is 9.47 Å². The summed E-state index contributed by atoms with van der Waals surface area (Å²) in [6, 6.07) is 14.1. The molecule has 0 bridgehead atoms. The highest BCUT2D eigenvalue weighted by Crippen LogP contribution is 2.28. The highest BCUT2D eigenvalue weighted by atomic mass is 32.2. The summed E-state index contributed by atoms with van der Waals surface area (Å²) in [5, 5.41) is 0. The lowest BCUT2D eigenvalue weighted by Crippen LogP contribution is -2.33. The number of hydrogen-bond donors (Lipinski definition) is 1. The molecule has 30 heavy (non-hydrogen) atoms. The molecule has 0 aliphatic carbocycles. The molecule has 1 heterocycles. The first kappa shape index (κ1) is 22.1. The van der Waals surface area contributed by atoms with E-state index >= 15 is 0 Å². The molecule has 0 saturated carbocycles. The molecule has 162 valence electrons. The molecule has 2 aromatic carbocycles. The van der Waals surface area contributed by atoms with Crippen molar-refractivity contribution in [2.24, 2.45) is 0 Å². The minimum absolute atomic E-state index is 0.0413. The number of carbonyl (C=O) groups is 1. The normalized spacial score (nSPS) is 16.5. The van der Waals surface area contributed by atoms with Gasteiger partial charge in [0.05, 0.1) is 18.6 Å². The topological polar surface area (TPSA) is 84.9 Å². The molecule has 8 heteroatoms. The second-order valence-corrected chi connectivity index (χ2v) is 8.92. The Labute approximate surface area is 178 Å². The Kier molecular flexibility index (Phi) is 7.33. The van der Waals surface area contributed by atoms with Crippen molar-refractivity contribution < 1.29 is 22.7 Å². The van der Waals surface area contributed by atoms with Gasteiger partial charge in [0.25, 0.3) is 0 Å². The van der Waals surface area contributed by atoms with Gasteiger partial charge in [0, 0.05) is 32.0 Å². The quantitative estimate of drug-likeness (QED) is 0.659. The fraction of sp³-hybridized carbons (Fsp3) is 0.409. The summed E-state index contributed by atoms with van der Waals surface area (Å²) in [5.41, 5.74) is 1.18. The van der Waals surface area contributed by atoms with Gasteiger partial charge in [0.2, 0.25) is 15.9 Å². The predicted octanol–water partition coefficient (Wildman–Crippen LogP) is 2.78. The van der Waals surface area contributed by atoms with Crippen molar-refractivity contribution in [3.63, 3.8) is 0 Å². The molecule has 0 radical (unpaired) electrons. The zero-order valence-corrected chi connectivity index (χ0v) is 18.2. The van der Waals surface area contributed by atoms with Crippen LogP contribution in [0.1, 0.15) is 31.2 Å². The van der Waals surface area contributed by atoms with E-state index in [1.807, 2.05) is 31.2 Å². The van der Waals surface area contributed by atoms with Crippen LogP contribution in [0.5, 0.6) is 11.5 Å². The maximum Gasteiger partial charge on any atom is 0.240 e. The molecule has 1 unspecified atom stereocenters. The van der Waals surface area contributed by atoms with E-state index in [-0.39, 0.29) is 23.8 Å². The molecule has 1 fully saturated rings. The highest BCUT2D eigenvalue weighted by Gasteiger charge is 2.27. The van der Waals surface area contributed by atoms with Crippen molar-refractivity contribution in [3.8, 4) is 11.5 Å². The van der Waals surface area contributed by atoms with Crippen LogP contribution in [0.15, 0.2) is 53.4 Å². The van der Waals surface area contributed by atoms with Crippen LogP contribution >= 0.6 is 0 Å². The number of methoxy groups -OCH3 is 1. The number of sulfonamides is 1. The van der Waals surface area contributed by atoms with Crippen LogP contribution in [-0.2, 0) is 14.8 Å². The minimum atomic E-state index is -3.66. The zero-order valence-electron chi connectivity index (χ0n) is 17.3. The number of nitrogens with zero attached hydrogens (tertiary/aromatic N) is 1. The monoisotopic (exact) mass is 432 g/mol. The van der Waals surface area contributed by atoms with Gasteiger partial charge in [-0.3, -0.25) is 4.79 Å². The van der Waals surface area contributed by atoms with E-state index in [9.17, 15) is 13.2 Å². The molecule has 1 aliphatic heterocycles. The average Bonchev–Trinajstić information content (AvgIpc) is 3.25. The predicted molar refractivity (Wildman–Crippen MR) is 114 cm³/mol. The zero-order chi connectivity index (χ0) is 21.6. The smallest absolute Gasteiger partial charge is 0.240 e. The summed E-state index contributed by atoms with van der Waals surface area (Å²) in [4.78, 5) is 14.5. The highest BCUT2D eigenvalue weighted by molar-refractivity contribution is 7.89. The van der Waals surface area contributed by atoms with Crippen LogP contribution in [0.25, 0.3) is 0 Å². The average molecular weight is 433 g/mol. The summed E-state index contributed by atoms with van der Waals surface area (Å²) >= 11 is 0. The molecule has 1 amide bonds. The van der Waals surface area contributed by atoms with E-state index in [1.165, 1.54) is 17.7 Å². The van der Waals surface area contributed by atoms with Crippen molar-refractivity contribution in [2.45, 2.75) is 30.6 Å². The Morgan fingerprint density at radius 2 is 1.77 bits per heavy atom. The van der Waals surface area contributed by atoms with Gasteiger partial charge in [-0.15, -0.1) is 0 Å². The van der Waals surface area contributed by atoms with Gasteiger partial charge < -0.3 is 14.4 Å². The summed E-state index contributed by atoms with van der Waals surface area (Å²) in [6.07, 6.45) is 1.03. The standard InChI is InChI=1S/C22H28N2O5S/c1-3-29-20-8-10-21(11-9-20)30(26,27)23-14-12-22(25)24-15-13-18(16-24)17-4-6-19(28-2)7-5-17/h4-11,18,23H,3,12-16H2,1-2H3. The Bertz CT molecular complexity index is 942. The number of hydrogen-bond acceptors (Lipinski definition) is 5. The second kappa shape index (κ2) is 9.95. The van der Waals surface area contributed by atoms with Gasteiger partial charge in [-0.25, -0.2) is 13.1 Å². The lowest BCUT2D eigenvalue weighted by Gasteiger charge is -2.17. The van der Waals surface area contributed by atoms with Crippen LogP contribution in [0.4, 0.5) is 0 Å². The SMILES string of the molecule is CCOc1ccc(S(=O)(=O)NCCC(=O)N2CCC(c3ccc(OC)cc3)C2)cc1. The van der Waals surface area contributed by atoms with Crippen molar-refractivity contribution in [1.29, 1.82) is 0 Å². The van der Waals surface area contributed by atoms with Gasteiger partial charge in [-0.1, -0.05) is 12.1 Å². The van der Waals surface area contributed by atoms with Crippen LogP contribution in [0, 0.1) is 0 Å². The van der Waals surface area contributed by atoms with Crippen molar-refractivity contribution >= 4 is 15.9 Å². The lowest BCUT2D eigenvalue weighted by atomic mass is 9.98. The Balaban J connectivity index is 1.48. The molecule has 3 rings (SSSR count). The van der Waals surface area contributed by atoms with E-state index in [2.05, 4.69) is 4.72 Å². The van der Waals surface area contributed by atoms with E-state index < -0.39 is 10.0 Å². The third-order valence-corrected chi connectivity index (χ3v) is 6.68. The third kappa shape index (κ3) is 5.52. The molecular formula is C22H28N2O5S. The van der Waals surface area contributed by atoms with Crippen LogP contribution in [0.2, 0.25) is 0 Å². The maximum absolute atomic E-state index is 12.5. The Hall–Kier alpha value is -2.58. The minimum Gasteiger partial charge on any atom is -0.497 e. The number of benzene rings is 2. The molecule has 1 aliphatic rings. The van der Waals surface area contributed by atoms with E-state index in [0.717, 1.165) is 12.2 Å². The number of ether oxygens (including phenoxy) is 2. The molecule has 7 nitrogen and oxygen atoms in total. The van der Waals surface area contributed by atoms with Gasteiger partial charge in [0.1, 0.15) is 11.5 Å². The van der Waals surface area contributed by atoms with Crippen molar-refractivity contribution in [1.82, 2.24) is 9.62 Å². The molecular weight excluding hydrogens is 404 g/mol. The molecule has 0 spiro atoms. The second-order valence-electron chi connectivity index (χ2n) is 7.15. The Morgan fingerprint density at radius 1 is 1.10 bits per heavy atom. The first-order chi connectivity index (χ1) is 14.4. The number of carbonyl (C=O) groups excluding carboxylic acids is 1. The van der Waals surface area contributed by atoms with Gasteiger partial charge in [0.15, 0.2) is 0 Å². The number of amides is 1. The maximum atomic E-state index is 12.5. The largest absolute Gasteiger partial charge is 0.497 e. The first-order valence-corrected chi connectivity index (χ1v) is 11.6. The number of rotatable bonds is 9. The van der Waals surface area contributed by atoms with Gasteiger partial charge in [-0.2, -0.15) is 0 Å². The summed E-state index contributed by atoms with van der Waals surface area (Å²) in [6.45, 7) is 3.78. The van der Waals surface area contributed by atoms with Crippen LogP contribution in [0.3, 0.4) is 0 Å². The number of nitrogens with one attached hydrogen (secondary N) is 1. The fourth-order valence-electron chi connectivity index (χ4n) is 3.55. The Morgan fingerprint density at radius 3 is 2.40 bits per heavy atom. The van der Waals surface area contributed by atoms with Crippen molar-refractivity contribution in [3.05, 3.63) is 54.1 Å². The van der Waals surface area contributed by atoms with E-state index in [0.29, 0.717) is 31.4 Å². The molecule has 1 N–H and O–H groups in total. The molecule has 0 aromatic heterocycles. The summed E-state index contributed by atoms with van der Waals surface area (Å²) in [5.74, 6) is 1.68. The van der Waals surface area contributed by atoms with Crippen LogP contribution < -0.4 is 14.2 Å². The molecule has 2 aromatic rings. The molecule has 1 atom stereocenters. The summed E-state index contributed by atoms with van der Waals surface area (Å²) < 4.78 is 37.8. The third-order valence-electron chi connectivity index (χ3n) is 5.20. The van der Waals surface area contributed by atoms with Gasteiger partial charge in [-0.05, 0) is 55.3 Å². The first-order valence-electron chi connectivity index (χ1n) is 10.1. The van der Waals surface area contributed by atoms with E-state index in [1.54, 1.807) is 24.1 Å².